The molecular weight excluding hydrogens is 232 g/mol. The van der Waals surface area contributed by atoms with E-state index in [1.807, 2.05) is 13.8 Å². The number of ether oxygens (including phenoxy) is 1. The zero-order valence-electron chi connectivity index (χ0n) is 11.5. The highest BCUT2D eigenvalue weighted by Crippen LogP contribution is 2.14. The summed E-state index contributed by atoms with van der Waals surface area (Å²) < 4.78 is 6.65. The zero-order valence-corrected chi connectivity index (χ0v) is 11.5. The topological polar surface area (TPSA) is 73.4 Å². The van der Waals surface area contributed by atoms with Gasteiger partial charge in [-0.15, -0.1) is 0 Å². The average Bonchev–Trinajstić information content (AvgIpc) is 2.74. The van der Waals surface area contributed by atoms with Crippen LogP contribution < -0.4 is 5.73 Å². The lowest BCUT2D eigenvalue weighted by Crippen LogP contribution is -2.44. The van der Waals surface area contributed by atoms with Gasteiger partial charge in [-0.25, -0.2) is 0 Å². The number of hydrogen-bond donors (Lipinski definition) is 1. The van der Waals surface area contributed by atoms with Crippen LogP contribution in [0.4, 0.5) is 0 Å². The van der Waals surface area contributed by atoms with Gasteiger partial charge in [0.25, 0.3) is 0 Å². The lowest BCUT2D eigenvalue weighted by Gasteiger charge is -2.28. The van der Waals surface area contributed by atoms with Gasteiger partial charge in [-0.05, 0) is 13.8 Å². The van der Waals surface area contributed by atoms with Gasteiger partial charge >= 0.3 is 0 Å². The Balaban J connectivity index is 2.76. The lowest BCUT2D eigenvalue weighted by atomic mass is 10.1. The Kier molecular flexibility index (Phi) is 5.30. The van der Waals surface area contributed by atoms with Crippen molar-refractivity contribution in [3.63, 3.8) is 0 Å². The summed E-state index contributed by atoms with van der Waals surface area (Å²) >= 11 is 0. The fourth-order valence-electron chi connectivity index (χ4n) is 1.73. The van der Waals surface area contributed by atoms with Gasteiger partial charge in [0.2, 0.25) is 5.91 Å². The molecule has 1 aromatic heterocycles. The smallest absolute Gasteiger partial charge is 0.244 e. The summed E-state index contributed by atoms with van der Waals surface area (Å²) in [7, 11) is 3.41. The number of carbonyl (C=O) groups is 1. The van der Waals surface area contributed by atoms with Crippen molar-refractivity contribution < 1.29 is 9.53 Å². The van der Waals surface area contributed by atoms with E-state index >= 15 is 0 Å². The predicted octanol–water partition coefficient (Wildman–Crippen LogP) is 0.303. The summed E-state index contributed by atoms with van der Waals surface area (Å²) in [6.45, 7) is 4.97. The van der Waals surface area contributed by atoms with E-state index in [1.165, 1.54) is 0 Å². The van der Waals surface area contributed by atoms with Crippen LogP contribution in [-0.2, 0) is 16.6 Å². The van der Waals surface area contributed by atoms with Crippen molar-refractivity contribution >= 4 is 5.91 Å². The molecule has 0 fully saturated rings. The Morgan fingerprint density at radius 2 is 2.28 bits per heavy atom. The van der Waals surface area contributed by atoms with Crippen molar-refractivity contribution in [2.75, 3.05) is 20.3 Å². The molecule has 6 nitrogen and oxygen atoms in total. The van der Waals surface area contributed by atoms with E-state index < -0.39 is 6.04 Å². The third-order valence-corrected chi connectivity index (χ3v) is 2.79. The van der Waals surface area contributed by atoms with Gasteiger partial charge in [0.05, 0.1) is 12.8 Å². The fourth-order valence-corrected chi connectivity index (χ4v) is 1.73. The van der Waals surface area contributed by atoms with Crippen LogP contribution in [0.3, 0.4) is 0 Å². The number of nitrogens with zero attached hydrogens (tertiary/aromatic N) is 3. The normalized spacial score (nSPS) is 12.8. The molecule has 1 unspecified atom stereocenters. The quantitative estimate of drug-likeness (QED) is 0.792. The first-order valence-corrected chi connectivity index (χ1v) is 6.01. The molecule has 0 aliphatic rings. The van der Waals surface area contributed by atoms with Crippen molar-refractivity contribution in [1.82, 2.24) is 14.7 Å². The number of methoxy groups -OCH3 is 1. The first kappa shape index (κ1) is 14.7. The third kappa shape index (κ3) is 3.54. The van der Waals surface area contributed by atoms with Crippen LogP contribution in [0.15, 0.2) is 12.4 Å². The number of amides is 1. The van der Waals surface area contributed by atoms with E-state index in [0.717, 1.165) is 5.56 Å². The standard InChI is InChI=1S/C12H22N4O2/c1-9(2)16(5-6-18-4)12(17)11(13)10-7-14-15(3)8-10/h7-9,11H,5-6,13H2,1-4H3. The first-order chi connectivity index (χ1) is 8.47. The summed E-state index contributed by atoms with van der Waals surface area (Å²) in [6.07, 6.45) is 3.38. The summed E-state index contributed by atoms with van der Waals surface area (Å²) in [5, 5.41) is 4.03. The molecule has 0 aliphatic heterocycles. The molecule has 0 aliphatic carbocycles. The van der Waals surface area contributed by atoms with Gasteiger partial charge in [0, 0.05) is 38.5 Å². The molecular formula is C12H22N4O2. The van der Waals surface area contributed by atoms with Crippen molar-refractivity contribution in [3.8, 4) is 0 Å². The maximum Gasteiger partial charge on any atom is 0.244 e. The zero-order chi connectivity index (χ0) is 13.7. The molecule has 1 aromatic rings. The Hall–Kier alpha value is -1.40. The Bertz CT molecular complexity index is 389. The SMILES string of the molecule is COCCN(C(=O)C(N)c1cnn(C)c1)C(C)C. The average molecular weight is 254 g/mol. The van der Waals surface area contributed by atoms with Gasteiger partial charge < -0.3 is 15.4 Å². The Labute approximate surface area is 108 Å². The van der Waals surface area contributed by atoms with Crippen molar-refractivity contribution in [2.45, 2.75) is 25.9 Å². The molecule has 1 heterocycles. The largest absolute Gasteiger partial charge is 0.383 e. The monoisotopic (exact) mass is 254 g/mol. The van der Waals surface area contributed by atoms with Crippen LogP contribution in [0.2, 0.25) is 0 Å². The summed E-state index contributed by atoms with van der Waals surface area (Å²) in [6, 6.07) is -0.576. The number of carbonyl (C=O) groups excluding carboxylic acids is 1. The second-order valence-electron chi connectivity index (χ2n) is 4.54. The van der Waals surface area contributed by atoms with E-state index in [4.69, 9.17) is 10.5 Å². The van der Waals surface area contributed by atoms with Crippen LogP contribution in [0.25, 0.3) is 0 Å². The number of aromatic nitrogens is 2. The van der Waals surface area contributed by atoms with Gasteiger partial charge in [-0.3, -0.25) is 9.48 Å². The highest BCUT2D eigenvalue weighted by molar-refractivity contribution is 5.83. The van der Waals surface area contributed by atoms with Crippen LogP contribution in [0.1, 0.15) is 25.5 Å². The Morgan fingerprint density at radius 1 is 1.61 bits per heavy atom. The summed E-state index contributed by atoms with van der Waals surface area (Å²) in [5.41, 5.74) is 6.70. The third-order valence-electron chi connectivity index (χ3n) is 2.79. The molecule has 0 aromatic carbocycles. The highest BCUT2D eigenvalue weighted by Gasteiger charge is 2.25. The number of rotatable bonds is 6. The van der Waals surface area contributed by atoms with Crippen molar-refractivity contribution in [1.29, 1.82) is 0 Å². The van der Waals surface area contributed by atoms with Crippen molar-refractivity contribution in [2.24, 2.45) is 12.8 Å². The van der Waals surface area contributed by atoms with Gasteiger partial charge in [-0.2, -0.15) is 5.10 Å². The molecule has 0 radical (unpaired) electrons. The first-order valence-electron chi connectivity index (χ1n) is 6.01. The van der Waals surface area contributed by atoms with E-state index in [9.17, 15) is 4.79 Å². The van der Waals surface area contributed by atoms with Crippen LogP contribution in [0, 0.1) is 0 Å². The van der Waals surface area contributed by atoms with Crippen molar-refractivity contribution in [3.05, 3.63) is 18.0 Å². The van der Waals surface area contributed by atoms with E-state index in [2.05, 4.69) is 5.10 Å². The van der Waals surface area contributed by atoms with Crippen LogP contribution >= 0.6 is 0 Å². The molecule has 0 bridgehead atoms. The van der Waals surface area contributed by atoms with Crippen LogP contribution in [0.5, 0.6) is 0 Å². The number of nitrogens with two attached hydrogens (primary N) is 1. The number of aryl methyl sites for hydroxylation is 1. The molecule has 1 amide bonds. The van der Waals surface area contributed by atoms with E-state index in [1.54, 1.807) is 36.1 Å². The van der Waals surface area contributed by atoms with E-state index in [0.29, 0.717) is 13.2 Å². The highest BCUT2D eigenvalue weighted by atomic mass is 16.5. The van der Waals surface area contributed by atoms with Gasteiger partial charge in [0.15, 0.2) is 0 Å². The Morgan fingerprint density at radius 3 is 2.72 bits per heavy atom. The second kappa shape index (κ2) is 6.51. The minimum Gasteiger partial charge on any atom is -0.383 e. The van der Waals surface area contributed by atoms with Gasteiger partial charge in [-0.1, -0.05) is 0 Å². The van der Waals surface area contributed by atoms with E-state index in [-0.39, 0.29) is 11.9 Å². The summed E-state index contributed by atoms with van der Waals surface area (Å²) in [4.78, 5) is 14.0. The van der Waals surface area contributed by atoms with Gasteiger partial charge in [0.1, 0.15) is 6.04 Å². The maximum atomic E-state index is 12.3. The molecule has 1 atom stereocenters. The molecule has 18 heavy (non-hydrogen) atoms. The summed E-state index contributed by atoms with van der Waals surface area (Å²) in [5.74, 6) is -0.102. The lowest BCUT2D eigenvalue weighted by molar-refractivity contribution is -0.135. The molecule has 2 N–H and O–H groups in total. The molecule has 6 heteroatoms. The fraction of sp³-hybridized carbons (Fsp3) is 0.667. The molecule has 1 rings (SSSR count). The van der Waals surface area contributed by atoms with Crippen LogP contribution in [-0.4, -0.2) is 46.9 Å². The maximum absolute atomic E-state index is 12.3. The minimum atomic E-state index is -0.669. The number of hydrogen-bond acceptors (Lipinski definition) is 4. The molecule has 0 spiro atoms. The molecule has 0 saturated heterocycles. The predicted molar refractivity (Wildman–Crippen MR) is 68.9 cm³/mol. The molecule has 0 saturated carbocycles. The second-order valence-corrected chi connectivity index (χ2v) is 4.54. The molecule has 102 valence electrons. The minimum absolute atomic E-state index is 0.0929.